The fourth-order valence-corrected chi connectivity index (χ4v) is 3.18. The summed E-state index contributed by atoms with van der Waals surface area (Å²) in [6.07, 6.45) is 0. The van der Waals surface area contributed by atoms with Crippen LogP contribution in [0.25, 0.3) is 0 Å². The van der Waals surface area contributed by atoms with E-state index < -0.39 is 23.6 Å². The molecule has 1 heterocycles. The molecule has 3 rings (SSSR count). The number of hydrogen-bond acceptors (Lipinski definition) is 7. The van der Waals surface area contributed by atoms with Gasteiger partial charge >= 0.3 is 17.5 Å². The maximum Gasteiger partial charge on any atom is 0.365 e. The summed E-state index contributed by atoms with van der Waals surface area (Å²) in [6.45, 7) is 3.52. The number of fused-ring (bicyclic) bond motifs is 1. The minimum atomic E-state index is -2.03. The molecule has 0 saturated heterocycles. The van der Waals surface area contributed by atoms with Gasteiger partial charge in [0.05, 0.1) is 26.0 Å². The Morgan fingerprint density at radius 2 is 1.71 bits per heavy atom. The molecule has 0 aromatic heterocycles. The third-order valence-electron chi connectivity index (χ3n) is 4.45. The monoisotopic (exact) mass is 385 g/mol. The topological polar surface area (TPSA) is 83.1 Å². The normalized spacial score (nSPS) is 16.8. The summed E-state index contributed by atoms with van der Waals surface area (Å²) in [6, 6.07) is 13.3. The average Bonchev–Trinajstić information content (AvgIpc) is 2.73. The van der Waals surface area contributed by atoms with Crippen LogP contribution in [0.15, 0.2) is 48.5 Å². The zero-order valence-corrected chi connectivity index (χ0v) is 16.1. The van der Waals surface area contributed by atoms with Crippen molar-refractivity contribution in [2.24, 2.45) is 0 Å². The lowest BCUT2D eigenvalue weighted by Gasteiger charge is -2.41. The number of para-hydroxylation sites is 2. The van der Waals surface area contributed by atoms with E-state index in [1.54, 1.807) is 57.4 Å². The first-order valence-corrected chi connectivity index (χ1v) is 9.09. The van der Waals surface area contributed by atoms with Crippen LogP contribution in [0.1, 0.15) is 25.5 Å². The molecule has 2 aromatic carbocycles. The van der Waals surface area contributed by atoms with Crippen molar-refractivity contribution in [1.82, 2.24) is 0 Å². The highest BCUT2D eigenvalue weighted by molar-refractivity contribution is 6.06. The lowest BCUT2D eigenvalue weighted by Crippen LogP contribution is -2.61. The van der Waals surface area contributed by atoms with Crippen molar-refractivity contribution < 1.29 is 28.5 Å². The van der Waals surface area contributed by atoms with E-state index in [1.807, 2.05) is 12.1 Å². The van der Waals surface area contributed by atoms with Gasteiger partial charge in [0, 0.05) is 0 Å². The summed E-state index contributed by atoms with van der Waals surface area (Å²) in [5, 5.41) is 3.25. The fraction of sp³-hybridized carbons (Fsp3) is 0.333. The van der Waals surface area contributed by atoms with Gasteiger partial charge < -0.3 is 24.3 Å². The predicted octanol–water partition coefficient (Wildman–Crippen LogP) is 3.11. The zero-order chi connectivity index (χ0) is 20.1. The first-order chi connectivity index (χ1) is 13.6. The smallest absolute Gasteiger partial charge is 0.365 e. The molecule has 2 aromatic rings. The quantitative estimate of drug-likeness (QED) is 0.604. The molecule has 7 heteroatoms. The Morgan fingerprint density at radius 1 is 1.04 bits per heavy atom. The van der Waals surface area contributed by atoms with Gasteiger partial charge in [0.15, 0.2) is 0 Å². The number of benzene rings is 2. The molecular weight excluding hydrogens is 362 g/mol. The summed E-state index contributed by atoms with van der Waals surface area (Å²) in [5.74, 6) is -0.686. The van der Waals surface area contributed by atoms with Gasteiger partial charge in [0.1, 0.15) is 17.5 Å². The van der Waals surface area contributed by atoms with E-state index in [1.165, 1.54) is 0 Å². The van der Waals surface area contributed by atoms with Gasteiger partial charge in [-0.25, -0.2) is 9.59 Å². The molecule has 7 nitrogen and oxygen atoms in total. The molecule has 148 valence electrons. The number of nitrogens with one attached hydrogen (secondary N) is 1. The van der Waals surface area contributed by atoms with Gasteiger partial charge in [0.2, 0.25) is 0 Å². The summed E-state index contributed by atoms with van der Waals surface area (Å²) in [4.78, 5) is 26.1. The van der Waals surface area contributed by atoms with Crippen LogP contribution in [0.2, 0.25) is 0 Å². The highest BCUT2D eigenvalue weighted by Gasteiger charge is 2.61. The number of hydrogen-bond donors (Lipinski definition) is 1. The molecular formula is C21H23NO6. The van der Waals surface area contributed by atoms with E-state index in [2.05, 4.69) is 5.32 Å². The molecule has 0 aliphatic carbocycles. The number of carbonyl (C=O) groups is 2. The highest BCUT2D eigenvalue weighted by atomic mass is 16.6. The zero-order valence-electron chi connectivity index (χ0n) is 16.1. The van der Waals surface area contributed by atoms with Crippen molar-refractivity contribution in [3.05, 3.63) is 54.1 Å². The number of anilines is 1. The summed E-state index contributed by atoms with van der Waals surface area (Å²) in [7, 11) is 1.54. The third-order valence-corrected chi connectivity index (χ3v) is 4.45. The van der Waals surface area contributed by atoms with E-state index in [9.17, 15) is 9.59 Å². The van der Waals surface area contributed by atoms with Gasteiger partial charge in [-0.15, -0.1) is 0 Å². The second-order valence-electron chi connectivity index (χ2n) is 6.13. The third kappa shape index (κ3) is 3.35. The molecule has 0 fully saturated rings. The first-order valence-electron chi connectivity index (χ1n) is 9.09. The Balaban J connectivity index is 2.20. The van der Waals surface area contributed by atoms with Crippen LogP contribution < -0.4 is 14.8 Å². The van der Waals surface area contributed by atoms with E-state index in [4.69, 9.17) is 18.9 Å². The van der Waals surface area contributed by atoms with Crippen molar-refractivity contribution in [1.29, 1.82) is 0 Å². The Hall–Kier alpha value is -3.22. The average molecular weight is 385 g/mol. The Morgan fingerprint density at radius 3 is 2.36 bits per heavy atom. The highest BCUT2D eigenvalue weighted by Crippen LogP contribution is 2.44. The lowest BCUT2D eigenvalue weighted by molar-refractivity contribution is -0.182. The molecule has 1 aliphatic rings. The van der Waals surface area contributed by atoms with Crippen molar-refractivity contribution >= 4 is 17.6 Å². The van der Waals surface area contributed by atoms with Crippen LogP contribution in [-0.2, 0) is 19.1 Å². The number of rotatable bonds is 6. The molecule has 1 unspecified atom stereocenters. The van der Waals surface area contributed by atoms with E-state index in [-0.39, 0.29) is 13.2 Å². The molecule has 1 atom stereocenters. The van der Waals surface area contributed by atoms with Crippen LogP contribution >= 0.6 is 0 Å². The van der Waals surface area contributed by atoms with Gasteiger partial charge in [-0.2, -0.15) is 0 Å². The Kier molecular flexibility index (Phi) is 5.73. The second kappa shape index (κ2) is 8.21. The Bertz CT molecular complexity index is 847. The number of esters is 2. The predicted molar refractivity (Wildman–Crippen MR) is 102 cm³/mol. The molecule has 0 amide bonds. The summed E-state index contributed by atoms with van der Waals surface area (Å²) < 4.78 is 21.8. The van der Waals surface area contributed by atoms with Crippen molar-refractivity contribution in [3.8, 4) is 11.5 Å². The van der Waals surface area contributed by atoms with E-state index in [0.29, 0.717) is 22.7 Å². The van der Waals surface area contributed by atoms with Crippen LogP contribution in [0, 0.1) is 0 Å². The van der Waals surface area contributed by atoms with Gasteiger partial charge in [0.25, 0.3) is 0 Å². The van der Waals surface area contributed by atoms with Crippen molar-refractivity contribution in [3.63, 3.8) is 0 Å². The van der Waals surface area contributed by atoms with Crippen LogP contribution in [-0.4, -0.2) is 37.9 Å². The number of methoxy groups -OCH3 is 1. The number of ether oxygens (including phenoxy) is 4. The standard InChI is InChI=1S/C21H23NO6/c1-4-26-19(23)21(20(24)27-5-2)18(14-9-8-10-15(13-14)25-3)22-16-11-6-7-12-17(16)28-21/h6-13,18,22H,4-5H2,1-3H3. The minimum Gasteiger partial charge on any atom is -0.497 e. The van der Waals surface area contributed by atoms with Crippen molar-refractivity contribution in [2.45, 2.75) is 25.5 Å². The fourth-order valence-electron chi connectivity index (χ4n) is 3.18. The molecule has 0 bridgehead atoms. The molecule has 28 heavy (non-hydrogen) atoms. The molecule has 1 N–H and O–H groups in total. The van der Waals surface area contributed by atoms with Crippen molar-refractivity contribution in [2.75, 3.05) is 25.6 Å². The van der Waals surface area contributed by atoms with Crippen LogP contribution in [0.5, 0.6) is 11.5 Å². The molecule has 0 spiro atoms. The number of carbonyl (C=O) groups excluding carboxylic acids is 2. The summed E-state index contributed by atoms with van der Waals surface area (Å²) >= 11 is 0. The maximum absolute atomic E-state index is 13.1. The van der Waals surface area contributed by atoms with Crippen LogP contribution in [0.4, 0.5) is 5.69 Å². The van der Waals surface area contributed by atoms with E-state index >= 15 is 0 Å². The molecule has 0 saturated carbocycles. The minimum absolute atomic E-state index is 0.0931. The largest absolute Gasteiger partial charge is 0.497 e. The van der Waals surface area contributed by atoms with Gasteiger partial charge in [-0.05, 0) is 43.7 Å². The molecule has 0 radical (unpaired) electrons. The maximum atomic E-state index is 13.1. The lowest BCUT2D eigenvalue weighted by atomic mass is 9.86. The first kappa shape index (κ1) is 19.5. The molecule has 1 aliphatic heterocycles. The van der Waals surface area contributed by atoms with Gasteiger partial charge in [-0.3, -0.25) is 0 Å². The Labute approximate surface area is 163 Å². The van der Waals surface area contributed by atoms with Crippen LogP contribution in [0.3, 0.4) is 0 Å². The SMILES string of the molecule is CCOC(=O)C1(C(=O)OCC)Oc2ccccc2NC1c1cccc(OC)c1. The van der Waals surface area contributed by atoms with Gasteiger partial charge in [-0.1, -0.05) is 24.3 Å². The van der Waals surface area contributed by atoms with E-state index in [0.717, 1.165) is 0 Å². The summed E-state index contributed by atoms with van der Waals surface area (Å²) in [5.41, 5.74) is -0.762. The second-order valence-corrected chi connectivity index (χ2v) is 6.13.